The van der Waals surface area contributed by atoms with Gasteiger partial charge in [0.05, 0.1) is 6.33 Å². The molecule has 0 aromatic carbocycles. The zero-order valence-corrected chi connectivity index (χ0v) is 14.8. The molecule has 0 fully saturated rings. The van der Waals surface area contributed by atoms with E-state index >= 15 is 0 Å². The van der Waals surface area contributed by atoms with E-state index in [4.69, 9.17) is 4.74 Å². The van der Waals surface area contributed by atoms with Crippen molar-refractivity contribution in [1.82, 2.24) is 14.9 Å². The number of hydrogen-bond acceptors (Lipinski definition) is 4. The lowest BCUT2D eigenvalue weighted by Crippen LogP contribution is -2.28. The molecule has 24 heavy (non-hydrogen) atoms. The lowest BCUT2D eigenvalue weighted by atomic mass is 10.1. The van der Waals surface area contributed by atoms with Gasteiger partial charge in [0.15, 0.2) is 5.82 Å². The molecular formula is C17H30N4O3. The van der Waals surface area contributed by atoms with Crippen molar-refractivity contribution < 1.29 is 14.3 Å². The summed E-state index contributed by atoms with van der Waals surface area (Å²) in [5.41, 5.74) is 0.318. The molecule has 7 nitrogen and oxygen atoms in total. The van der Waals surface area contributed by atoms with E-state index in [-0.39, 0.29) is 11.7 Å². The van der Waals surface area contributed by atoms with E-state index in [2.05, 4.69) is 15.3 Å². The Kier molecular flexibility index (Phi) is 10.5. The normalized spacial score (nSPS) is 10.6. The van der Waals surface area contributed by atoms with E-state index in [1.54, 1.807) is 11.9 Å². The zero-order valence-electron chi connectivity index (χ0n) is 14.8. The number of H-pyrrole nitrogens is 1. The van der Waals surface area contributed by atoms with E-state index in [9.17, 15) is 9.59 Å². The minimum absolute atomic E-state index is 0.159. The highest BCUT2D eigenvalue weighted by Crippen LogP contribution is 2.12. The topological polar surface area (TPSA) is 87.3 Å². The molecule has 136 valence electrons. The van der Waals surface area contributed by atoms with Crippen molar-refractivity contribution in [1.29, 1.82) is 0 Å². The van der Waals surface area contributed by atoms with E-state index in [0.717, 1.165) is 32.5 Å². The van der Waals surface area contributed by atoms with Gasteiger partial charge in [0.1, 0.15) is 5.69 Å². The van der Waals surface area contributed by atoms with Gasteiger partial charge in [-0.05, 0) is 19.8 Å². The number of nitrogens with zero attached hydrogens (tertiary/aromatic N) is 2. The van der Waals surface area contributed by atoms with Gasteiger partial charge in [-0.3, -0.25) is 9.59 Å². The van der Waals surface area contributed by atoms with E-state index in [0.29, 0.717) is 18.6 Å². The number of aromatic nitrogens is 2. The summed E-state index contributed by atoms with van der Waals surface area (Å²) < 4.78 is 5.31. The van der Waals surface area contributed by atoms with Gasteiger partial charge in [0, 0.05) is 26.8 Å². The first kappa shape index (κ1) is 20.2. The van der Waals surface area contributed by atoms with Crippen molar-refractivity contribution in [2.45, 2.75) is 51.9 Å². The van der Waals surface area contributed by atoms with Crippen LogP contribution in [0.3, 0.4) is 0 Å². The second-order valence-electron chi connectivity index (χ2n) is 5.79. The predicted octanol–water partition coefficient (Wildman–Crippen LogP) is 2.82. The van der Waals surface area contributed by atoms with Crippen LogP contribution in [0, 0.1) is 0 Å². The van der Waals surface area contributed by atoms with E-state index in [1.807, 2.05) is 6.92 Å². The van der Waals surface area contributed by atoms with Crippen LogP contribution in [0.5, 0.6) is 0 Å². The Morgan fingerprint density at radius 1 is 1.25 bits per heavy atom. The molecule has 0 radical (unpaired) electrons. The van der Waals surface area contributed by atoms with Gasteiger partial charge < -0.3 is 19.9 Å². The first-order valence-corrected chi connectivity index (χ1v) is 8.77. The van der Waals surface area contributed by atoms with Crippen LogP contribution in [0.4, 0.5) is 5.82 Å². The first-order chi connectivity index (χ1) is 11.7. The van der Waals surface area contributed by atoms with E-state index in [1.165, 1.54) is 32.0 Å². The number of carbonyl (C=O) groups excluding carboxylic acids is 2. The minimum Gasteiger partial charge on any atom is -0.382 e. The molecule has 2 N–H and O–H groups in total. The van der Waals surface area contributed by atoms with Gasteiger partial charge in [-0.25, -0.2) is 4.98 Å². The Bertz CT molecular complexity index is 476. The molecule has 1 heterocycles. The smallest absolute Gasteiger partial charge is 0.273 e. The maximum Gasteiger partial charge on any atom is 0.273 e. The van der Waals surface area contributed by atoms with Crippen LogP contribution in [0.2, 0.25) is 0 Å². The first-order valence-electron chi connectivity index (χ1n) is 8.77. The molecule has 0 bridgehead atoms. The fourth-order valence-electron chi connectivity index (χ4n) is 2.50. The Balaban J connectivity index is 2.11. The monoisotopic (exact) mass is 338 g/mol. The largest absolute Gasteiger partial charge is 0.382 e. The summed E-state index contributed by atoms with van der Waals surface area (Å²) in [4.78, 5) is 31.1. The molecule has 0 unspecified atom stereocenters. The number of anilines is 1. The quantitative estimate of drug-likeness (QED) is 0.403. The molecular weight excluding hydrogens is 308 g/mol. The van der Waals surface area contributed by atoms with Crippen LogP contribution in [0.25, 0.3) is 0 Å². The summed E-state index contributed by atoms with van der Waals surface area (Å²) in [6.45, 7) is 4.39. The molecule has 0 saturated carbocycles. The van der Waals surface area contributed by atoms with Gasteiger partial charge in [-0.15, -0.1) is 0 Å². The Morgan fingerprint density at radius 3 is 2.58 bits per heavy atom. The molecule has 0 aliphatic heterocycles. The van der Waals surface area contributed by atoms with Crippen molar-refractivity contribution in [2.24, 2.45) is 0 Å². The summed E-state index contributed by atoms with van der Waals surface area (Å²) in [6.07, 6.45) is 10.1. The highest BCUT2D eigenvalue weighted by atomic mass is 16.5. The third kappa shape index (κ3) is 7.59. The second kappa shape index (κ2) is 12.5. The number of aromatic amines is 1. The van der Waals surface area contributed by atoms with Crippen molar-refractivity contribution in [3.63, 3.8) is 0 Å². The highest BCUT2D eigenvalue weighted by molar-refractivity contribution is 5.98. The number of ether oxygens (including phenoxy) is 1. The average Bonchev–Trinajstić information content (AvgIpc) is 3.04. The zero-order chi connectivity index (χ0) is 17.6. The maximum atomic E-state index is 12.3. The fourth-order valence-corrected chi connectivity index (χ4v) is 2.50. The van der Waals surface area contributed by atoms with Crippen molar-refractivity contribution in [3.8, 4) is 0 Å². The Hall–Kier alpha value is -1.89. The standard InChI is InChI=1S/C17H30N4O3/c1-3-24-12-10-8-6-4-5-7-9-11-21(2)17(23)15-16(20-14-22)19-13-18-15/h13-14H,3-12H2,1-2H3,(H,18,19)(H,20,22). The maximum absolute atomic E-state index is 12.3. The summed E-state index contributed by atoms with van der Waals surface area (Å²) in [5, 5.41) is 2.42. The summed E-state index contributed by atoms with van der Waals surface area (Å²) in [5.74, 6) is 0.113. The van der Waals surface area contributed by atoms with Gasteiger partial charge in [-0.1, -0.05) is 32.1 Å². The molecule has 0 aliphatic rings. The van der Waals surface area contributed by atoms with Crippen LogP contribution in [0.1, 0.15) is 62.4 Å². The molecule has 1 aromatic rings. The number of imidazole rings is 1. The molecule has 0 saturated heterocycles. The van der Waals surface area contributed by atoms with Crippen molar-refractivity contribution in [3.05, 3.63) is 12.0 Å². The molecule has 2 amide bonds. The molecule has 0 aliphatic carbocycles. The van der Waals surface area contributed by atoms with Crippen LogP contribution in [0.15, 0.2) is 6.33 Å². The molecule has 0 atom stereocenters. The predicted molar refractivity (Wildman–Crippen MR) is 94.0 cm³/mol. The van der Waals surface area contributed by atoms with Crippen LogP contribution in [-0.2, 0) is 9.53 Å². The van der Waals surface area contributed by atoms with Gasteiger partial charge in [-0.2, -0.15) is 0 Å². The molecule has 1 aromatic heterocycles. The number of amides is 2. The number of rotatable bonds is 14. The van der Waals surface area contributed by atoms with Crippen LogP contribution >= 0.6 is 0 Å². The average molecular weight is 338 g/mol. The number of hydrogen-bond donors (Lipinski definition) is 2. The fraction of sp³-hybridized carbons (Fsp3) is 0.706. The van der Waals surface area contributed by atoms with Crippen molar-refractivity contribution >= 4 is 18.1 Å². The summed E-state index contributed by atoms with van der Waals surface area (Å²) >= 11 is 0. The van der Waals surface area contributed by atoms with Crippen LogP contribution in [-0.4, -0.2) is 54.0 Å². The highest BCUT2D eigenvalue weighted by Gasteiger charge is 2.17. The molecule has 7 heteroatoms. The molecule has 0 spiro atoms. The Labute approximate surface area is 144 Å². The summed E-state index contributed by atoms with van der Waals surface area (Å²) in [7, 11) is 1.77. The number of nitrogens with one attached hydrogen (secondary N) is 2. The SMILES string of the molecule is CCOCCCCCCCCCN(C)C(=O)c1[nH]cnc1NC=O. The number of unbranched alkanes of at least 4 members (excludes halogenated alkanes) is 6. The van der Waals surface area contributed by atoms with Gasteiger partial charge in [0.2, 0.25) is 6.41 Å². The van der Waals surface area contributed by atoms with Gasteiger partial charge >= 0.3 is 0 Å². The third-order valence-corrected chi connectivity index (χ3v) is 3.88. The van der Waals surface area contributed by atoms with E-state index < -0.39 is 0 Å². The lowest BCUT2D eigenvalue weighted by Gasteiger charge is -2.16. The Morgan fingerprint density at radius 2 is 1.92 bits per heavy atom. The second-order valence-corrected chi connectivity index (χ2v) is 5.79. The van der Waals surface area contributed by atoms with Crippen molar-refractivity contribution in [2.75, 3.05) is 32.1 Å². The minimum atomic E-state index is -0.159. The third-order valence-electron chi connectivity index (χ3n) is 3.88. The number of carbonyl (C=O) groups is 2. The molecule has 1 rings (SSSR count). The van der Waals surface area contributed by atoms with Gasteiger partial charge in [0.25, 0.3) is 5.91 Å². The lowest BCUT2D eigenvalue weighted by molar-refractivity contribution is -0.105. The van der Waals surface area contributed by atoms with Crippen LogP contribution < -0.4 is 5.32 Å². The summed E-state index contributed by atoms with van der Waals surface area (Å²) in [6, 6.07) is 0.